The lowest BCUT2D eigenvalue weighted by Crippen LogP contribution is -2.52. The van der Waals surface area contributed by atoms with Gasteiger partial charge in [-0.05, 0) is 62.9 Å². The number of halogens is 5. The number of hydrogen-bond donors (Lipinski definition) is 2. The summed E-state index contributed by atoms with van der Waals surface area (Å²) >= 11 is 6.47. The van der Waals surface area contributed by atoms with Crippen LogP contribution < -0.4 is 10.6 Å². The molecule has 3 aromatic rings. The maximum atomic E-state index is 13.8. The highest BCUT2D eigenvalue weighted by molar-refractivity contribution is 6.34. The topological polar surface area (TPSA) is 117 Å². The summed E-state index contributed by atoms with van der Waals surface area (Å²) in [7, 11) is 1.46. The number of imidazole rings is 1. The van der Waals surface area contributed by atoms with Crippen molar-refractivity contribution in [2.75, 3.05) is 44.6 Å². The Balaban J connectivity index is 0.00000417. The average molecular weight is 684 g/mol. The summed E-state index contributed by atoms with van der Waals surface area (Å²) < 4.78 is 44.0. The second-order valence-corrected chi connectivity index (χ2v) is 12.3. The molecule has 6 rings (SSSR count). The van der Waals surface area contributed by atoms with Gasteiger partial charge in [0.25, 0.3) is 11.8 Å². The lowest BCUT2D eigenvalue weighted by atomic mass is 9.96. The number of alkyl halides is 3. The van der Waals surface area contributed by atoms with E-state index in [-0.39, 0.29) is 63.5 Å². The number of carbonyl (C=O) groups excluding carboxylic acids is 3. The molecule has 3 fully saturated rings. The molecule has 11 nitrogen and oxygen atoms in total. The Hall–Kier alpha value is -3.62. The molecule has 4 heterocycles. The quantitative estimate of drug-likeness (QED) is 0.383. The van der Waals surface area contributed by atoms with Crippen LogP contribution in [0.1, 0.15) is 52.4 Å². The number of carbonyl (C=O) groups is 3. The van der Waals surface area contributed by atoms with Crippen LogP contribution in [-0.4, -0.2) is 86.1 Å². The van der Waals surface area contributed by atoms with Crippen molar-refractivity contribution in [3.63, 3.8) is 0 Å². The SMILES string of the molecule is Cl.Cn1c(-c2cn(CC3CC3)nc2C(F)(F)F)cnc1C(=O)Nc1ccc(C(=O)N2CCN(C(=O)C3CCNCC3)CC2)c(Cl)c1. The molecule has 248 valence electrons. The van der Waals surface area contributed by atoms with Gasteiger partial charge >= 0.3 is 6.18 Å². The van der Waals surface area contributed by atoms with E-state index in [0.29, 0.717) is 38.6 Å². The number of piperazine rings is 1. The summed E-state index contributed by atoms with van der Waals surface area (Å²) in [5.74, 6) is -0.551. The maximum Gasteiger partial charge on any atom is 0.435 e. The molecule has 2 aromatic heterocycles. The van der Waals surface area contributed by atoms with Crippen LogP contribution in [0.4, 0.5) is 18.9 Å². The first-order chi connectivity index (χ1) is 21.5. The third-order valence-electron chi connectivity index (χ3n) is 8.66. The van der Waals surface area contributed by atoms with Crippen LogP contribution in [-0.2, 0) is 24.6 Å². The minimum atomic E-state index is -4.68. The normalized spacial score (nSPS) is 17.5. The Morgan fingerprint density at radius 2 is 1.72 bits per heavy atom. The molecule has 0 unspecified atom stereocenters. The molecule has 1 saturated carbocycles. The van der Waals surface area contributed by atoms with E-state index >= 15 is 0 Å². The monoisotopic (exact) mass is 682 g/mol. The second kappa shape index (κ2) is 13.6. The molecule has 1 aliphatic carbocycles. The smallest absolute Gasteiger partial charge is 0.339 e. The Labute approximate surface area is 274 Å². The molecular formula is C30H35Cl2F3N8O3. The summed E-state index contributed by atoms with van der Waals surface area (Å²) in [5.41, 5.74) is -0.530. The van der Waals surface area contributed by atoms with Crippen LogP contribution >= 0.6 is 24.0 Å². The predicted molar refractivity (Wildman–Crippen MR) is 167 cm³/mol. The zero-order valence-electron chi connectivity index (χ0n) is 25.1. The highest BCUT2D eigenvalue weighted by Gasteiger charge is 2.39. The van der Waals surface area contributed by atoms with E-state index in [1.807, 2.05) is 4.90 Å². The molecule has 46 heavy (non-hydrogen) atoms. The number of aromatic nitrogens is 4. The minimum absolute atomic E-state index is 0. The second-order valence-electron chi connectivity index (χ2n) is 11.9. The van der Waals surface area contributed by atoms with Crippen molar-refractivity contribution in [2.24, 2.45) is 18.9 Å². The van der Waals surface area contributed by atoms with Crippen molar-refractivity contribution in [2.45, 2.75) is 38.4 Å². The van der Waals surface area contributed by atoms with Crippen LogP contribution in [0.15, 0.2) is 30.6 Å². The first-order valence-corrected chi connectivity index (χ1v) is 15.4. The fraction of sp³-hybridized carbons (Fsp3) is 0.500. The first kappa shape index (κ1) is 33.7. The third kappa shape index (κ3) is 7.18. The summed E-state index contributed by atoms with van der Waals surface area (Å²) in [6.07, 6.45) is 1.46. The lowest BCUT2D eigenvalue weighted by Gasteiger charge is -2.37. The standard InChI is InChI=1S/C30H34ClF3N8O3.ClH/c1-39-24(22-17-42(16-18-2-3-18)38-25(22)30(32,33)34)15-36-26(39)27(43)37-20-4-5-21(23(31)14-20)29(45)41-12-10-40(11-13-41)28(44)19-6-8-35-9-7-19;/h4-5,14-15,17-19,35H,2-3,6-13,16H2,1H3,(H,37,43);1H. The van der Waals surface area contributed by atoms with Gasteiger partial charge in [0.15, 0.2) is 11.5 Å². The molecule has 2 saturated heterocycles. The van der Waals surface area contributed by atoms with E-state index in [0.717, 1.165) is 38.8 Å². The number of amides is 3. The third-order valence-corrected chi connectivity index (χ3v) is 8.98. The van der Waals surface area contributed by atoms with Crippen molar-refractivity contribution < 1.29 is 27.6 Å². The Kier molecular flexibility index (Phi) is 9.99. The van der Waals surface area contributed by atoms with Gasteiger partial charge in [0.05, 0.1) is 28.0 Å². The van der Waals surface area contributed by atoms with Gasteiger partial charge in [0.1, 0.15) is 0 Å². The van der Waals surface area contributed by atoms with Crippen LogP contribution in [0.5, 0.6) is 0 Å². The number of benzene rings is 1. The first-order valence-electron chi connectivity index (χ1n) is 15.1. The number of piperidine rings is 1. The van der Waals surface area contributed by atoms with E-state index in [9.17, 15) is 27.6 Å². The van der Waals surface area contributed by atoms with Crippen LogP contribution in [0, 0.1) is 11.8 Å². The van der Waals surface area contributed by atoms with E-state index in [1.54, 1.807) is 4.90 Å². The van der Waals surface area contributed by atoms with Gasteiger partial charge in [0, 0.05) is 57.6 Å². The van der Waals surface area contributed by atoms with Crippen LogP contribution in [0.2, 0.25) is 5.02 Å². The summed E-state index contributed by atoms with van der Waals surface area (Å²) in [6, 6.07) is 4.49. The zero-order valence-corrected chi connectivity index (χ0v) is 26.7. The Morgan fingerprint density at radius 1 is 1.04 bits per heavy atom. The molecule has 0 bridgehead atoms. The van der Waals surface area contributed by atoms with Gasteiger partial charge in [-0.2, -0.15) is 18.3 Å². The van der Waals surface area contributed by atoms with Crippen molar-refractivity contribution >= 4 is 47.4 Å². The lowest BCUT2D eigenvalue weighted by molar-refractivity contribution is -0.141. The summed E-state index contributed by atoms with van der Waals surface area (Å²) in [5, 5.41) is 9.84. The largest absolute Gasteiger partial charge is 0.435 e. The van der Waals surface area contributed by atoms with E-state index in [1.165, 1.54) is 46.9 Å². The van der Waals surface area contributed by atoms with E-state index < -0.39 is 17.8 Å². The molecule has 1 aromatic carbocycles. The maximum absolute atomic E-state index is 13.8. The molecule has 16 heteroatoms. The zero-order chi connectivity index (χ0) is 31.9. The fourth-order valence-corrected chi connectivity index (χ4v) is 6.19. The van der Waals surface area contributed by atoms with Crippen molar-refractivity contribution in [1.82, 2.24) is 34.4 Å². The van der Waals surface area contributed by atoms with Crippen LogP contribution in [0.25, 0.3) is 11.3 Å². The molecular weight excluding hydrogens is 648 g/mol. The van der Waals surface area contributed by atoms with Gasteiger partial charge < -0.3 is 25.0 Å². The van der Waals surface area contributed by atoms with Gasteiger partial charge in [-0.1, -0.05) is 11.6 Å². The van der Waals surface area contributed by atoms with E-state index in [4.69, 9.17) is 11.6 Å². The Bertz CT molecular complexity index is 1610. The molecule has 0 atom stereocenters. The molecule has 2 aliphatic heterocycles. The fourth-order valence-electron chi connectivity index (χ4n) is 5.93. The number of hydrogen-bond acceptors (Lipinski definition) is 6. The average Bonchev–Trinajstić information content (AvgIpc) is 3.60. The number of anilines is 1. The molecule has 2 N–H and O–H groups in total. The number of rotatable bonds is 7. The van der Waals surface area contributed by atoms with Crippen molar-refractivity contribution in [3.8, 4) is 11.3 Å². The number of nitrogens with one attached hydrogen (secondary N) is 2. The molecule has 3 aliphatic rings. The van der Waals surface area contributed by atoms with Crippen molar-refractivity contribution in [1.29, 1.82) is 0 Å². The van der Waals surface area contributed by atoms with Gasteiger partial charge in [0.2, 0.25) is 5.91 Å². The summed E-state index contributed by atoms with van der Waals surface area (Å²) in [4.78, 5) is 46.8. The highest BCUT2D eigenvalue weighted by atomic mass is 35.5. The Morgan fingerprint density at radius 3 is 2.35 bits per heavy atom. The predicted octanol–water partition coefficient (Wildman–Crippen LogP) is 4.32. The van der Waals surface area contributed by atoms with Crippen molar-refractivity contribution in [3.05, 3.63) is 52.7 Å². The van der Waals surface area contributed by atoms with Crippen LogP contribution in [0.3, 0.4) is 0 Å². The summed E-state index contributed by atoms with van der Waals surface area (Å²) in [6.45, 7) is 3.77. The molecule has 3 amide bonds. The number of nitrogens with zero attached hydrogens (tertiary/aromatic N) is 6. The van der Waals surface area contributed by atoms with Gasteiger partial charge in [-0.3, -0.25) is 19.1 Å². The highest BCUT2D eigenvalue weighted by Crippen LogP contribution is 2.38. The van der Waals surface area contributed by atoms with Gasteiger partial charge in [-0.15, -0.1) is 12.4 Å². The molecule has 0 spiro atoms. The van der Waals surface area contributed by atoms with E-state index in [2.05, 4.69) is 20.7 Å². The van der Waals surface area contributed by atoms with Gasteiger partial charge in [-0.25, -0.2) is 4.98 Å². The minimum Gasteiger partial charge on any atom is -0.339 e. The molecule has 0 radical (unpaired) electrons.